The average molecular weight is 384 g/mol. The van der Waals surface area contributed by atoms with E-state index in [1.165, 1.54) is 11.1 Å². The molecule has 1 aliphatic heterocycles. The summed E-state index contributed by atoms with van der Waals surface area (Å²) in [4.78, 5) is 17.3. The Morgan fingerprint density at radius 2 is 1.54 bits per heavy atom. The molecule has 1 amide bonds. The number of ether oxygens (including phenoxy) is 3. The van der Waals surface area contributed by atoms with Gasteiger partial charge in [-0.2, -0.15) is 0 Å². The van der Waals surface area contributed by atoms with E-state index in [4.69, 9.17) is 14.2 Å². The van der Waals surface area contributed by atoms with Crippen LogP contribution in [0.2, 0.25) is 0 Å². The maximum atomic E-state index is 13.0. The van der Waals surface area contributed by atoms with Crippen LogP contribution in [0.5, 0.6) is 17.2 Å². The second-order valence-corrected chi connectivity index (χ2v) is 6.91. The number of carbonyl (C=O) groups excluding carboxylic acids is 1. The lowest BCUT2D eigenvalue weighted by atomic mass is 10.1. The predicted octanol–water partition coefficient (Wildman–Crippen LogP) is 2.98. The minimum atomic E-state index is -0.0187. The first-order valence-corrected chi connectivity index (χ1v) is 9.43. The predicted molar refractivity (Wildman–Crippen MR) is 108 cm³/mol. The zero-order valence-electron chi connectivity index (χ0n) is 17.0. The molecule has 0 N–H and O–H groups in total. The molecule has 1 aliphatic rings. The van der Waals surface area contributed by atoms with Gasteiger partial charge in [-0.15, -0.1) is 0 Å². The zero-order valence-corrected chi connectivity index (χ0v) is 17.0. The van der Waals surface area contributed by atoms with Crippen LogP contribution in [0, 0.1) is 6.92 Å². The van der Waals surface area contributed by atoms with Crippen LogP contribution in [0.15, 0.2) is 36.4 Å². The summed E-state index contributed by atoms with van der Waals surface area (Å²) in [5, 5.41) is 0. The number of piperazine rings is 1. The first kappa shape index (κ1) is 20.0. The van der Waals surface area contributed by atoms with Crippen LogP contribution in [0.1, 0.15) is 21.5 Å². The molecule has 6 heteroatoms. The van der Waals surface area contributed by atoms with Crippen molar-refractivity contribution in [1.29, 1.82) is 0 Å². The Morgan fingerprint density at radius 1 is 0.929 bits per heavy atom. The molecule has 0 radical (unpaired) electrons. The molecule has 28 heavy (non-hydrogen) atoms. The lowest BCUT2D eigenvalue weighted by molar-refractivity contribution is 0.0627. The molecule has 0 unspecified atom stereocenters. The van der Waals surface area contributed by atoms with Gasteiger partial charge in [-0.3, -0.25) is 9.69 Å². The molecular weight excluding hydrogens is 356 g/mol. The fraction of sp³-hybridized carbons (Fsp3) is 0.409. The summed E-state index contributed by atoms with van der Waals surface area (Å²) in [6.45, 7) is 6.15. The molecule has 1 saturated heterocycles. The SMILES string of the molecule is COc1cc(C(=O)N2CCN(Cc3ccccc3C)CC2)cc(OC)c1OC. The van der Waals surface area contributed by atoms with Crippen LogP contribution in [-0.2, 0) is 6.54 Å². The highest BCUT2D eigenvalue weighted by Gasteiger charge is 2.25. The molecule has 2 aromatic rings. The fourth-order valence-electron chi connectivity index (χ4n) is 3.52. The number of hydrogen-bond acceptors (Lipinski definition) is 5. The van der Waals surface area contributed by atoms with Crippen LogP contribution < -0.4 is 14.2 Å². The zero-order chi connectivity index (χ0) is 20.1. The molecule has 0 aromatic heterocycles. The summed E-state index contributed by atoms with van der Waals surface area (Å²) in [5.41, 5.74) is 3.19. The van der Waals surface area contributed by atoms with Crippen LogP contribution >= 0.6 is 0 Å². The molecule has 0 spiro atoms. The fourth-order valence-corrected chi connectivity index (χ4v) is 3.52. The molecule has 0 bridgehead atoms. The minimum absolute atomic E-state index is 0.0187. The number of amides is 1. The van der Waals surface area contributed by atoms with Gasteiger partial charge in [-0.1, -0.05) is 24.3 Å². The molecule has 1 heterocycles. The third-order valence-corrected chi connectivity index (χ3v) is 5.23. The van der Waals surface area contributed by atoms with E-state index in [0.29, 0.717) is 35.9 Å². The van der Waals surface area contributed by atoms with E-state index in [2.05, 4.69) is 36.1 Å². The van der Waals surface area contributed by atoms with Gasteiger partial charge < -0.3 is 19.1 Å². The number of nitrogens with zero attached hydrogens (tertiary/aromatic N) is 2. The highest BCUT2D eigenvalue weighted by Crippen LogP contribution is 2.38. The number of rotatable bonds is 6. The van der Waals surface area contributed by atoms with E-state index in [1.54, 1.807) is 33.5 Å². The lowest BCUT2D eigenvalue weighted by Gasteiger charge is -2.35. The first-order valence-electron chi connectivity index (χ1n) is 9.43. The van der Waals surface area contributed by atoms with E-state index in [9.17, 15) is 4.79 Å². The Hall–Kier alpha value is -2.73. The van der Waals surface area contributed by atoms with E-state index in [0.717, 1.165) is 19.6 Å². The largest absolute Gasteiger partial charge is 0.493 e. The lowest BCUT2D eigenvalue weighted by Crippen LogP contribution is -2.48. The first-order chi connectivity index (χ1) is 13.6. The van der Waals surface area contributed by atoms with Gasteiger partial charge in [-0.05, 0) is 30.2 Å². The Labute approximate surface area is 166 Å². The van der Waals surface area contributed by atoms with Gasteiger partial charge in [0.05, 0.1) is 21.3 Å². The van der Waals surface area contributed by atoms with Crippen LogP contribution in [-0.4, -0.2) is 63.2 Å². The van der Waals surface area contributed by atoms with Crippen LogP contribution in [0.25, 0.3) is 0 Å². The molecule has 150 valence electrons. The summed E-state index contributed by atoms with van der Waals surface area (Å²) in [6.07, 6.45) is 0. The number of hydrogen-bond donors (Lipinski definition) is 0. The van der Waals surface area contributed by atoms with Crippen molar-refractivity contribution in [1.82, 2.24) is 9.80 Å². The summed E-state index contributed by atoms with van der Waals surface area (Å²) in [5.74, 6) is 1.45. The van der Waals surface area contributed by atoms with Gasteiger partial charge in [-0.25, -0.2) is 0 Å². The maximum Gasteiger partial charge on any atom is 0.254 e. The Morgan fingerprint density at radius 3 is 2.07 bits per heavy atom. The van der Waals surface area contributed by atoms with Gasteiger partial charge in [0.25, 0.3) is 5.91 Å². The minimum Gasteiger partial charge on any atom is -0.493 e. The third kappa shape index (κ3) is 4.22. The van der Waals surface area contributed by atoms with Crippen molar-refractivity contribution in [2.45, 2.75) is 13.5 Å². The topological polar surface area (TPSA) is 51.2 Å². The van der Waals surface area contributed by atoms with Crippen molar-refractivity contribution in [2.24, 2.45) is 0 Å². The average Bonchev–Trinajstić information content (AvgIpc) is 2.74. The number of carbonyl (C=O) groups is 1. The van der Waals surface area contributed by atoms with E-state index >= 15 is 0 Å². The van der Waals surface area contributed by atoms with Crippen molar-refractivity contribution in [3.63, 3.8) is 0 Å². The molecule has 0 saturated carbocycles. The van der Waals surface area contributed by atoms with Gasteiger partial charge in [0.15, 0.2) is 11.5 Å². The standard InChI is InChI=1S/C22H28N2O4/c1-16-7-5-6-8-17(16)15-23-9-11-24(12-10-23)22(25)18-13-19(26-2)21(28-4)20(14-18)27-3/h5-8,13-14H,9-12,15H2,1-4H3. The summed E-state index contributed by atoms with van der Waals surface area (Å²) in [6, 6.07) is 11.9. The number of methoxy groups -OCH3 is 3. The second kappa shape index (κ2) is 8.97. The normalized spacial score (nSPS) is 14.6. The third-order valence-electron chi connectivity index (χ3n) is 5.23. The number of aryl methyl sites for hydroxylation is 1. The molecular formula is C22H28N2O4. The quantitative estimate of drug-likeness (QED) is 0.766. The van der Waals surface area contributed by atoms with Crippen molar-refractivity contribution in [2.75, 3.05) is 47.5 Å². The Kier molecular flexibility index (Phi) is 6.41. The summed E-state index contributed by atoms with van der Waals surface area (Å²) >= 11 is 0. The van der Waals surface area contributed by atoms with Gasteiger partial charge in [0, 0.05) is 38.3 Å². The highest BCUT2D eigenvalue weighted by molar-refractivity contribution is 5.95. The monoisotopic (exact) mass is 384 g/mol. The Bertz CT molecular complexity index is 804. The van der Waals surface area contributed by atoms with E-state index in [-0.39, 0.29) is 5.91 Å². The van der Waals surface area contributed by atoms with Crippen molar-refractivity contribution in [3.05, 3.63) is 53.1 Å². The van der Waals surface area contributed by atoms with Gasteiger partial charge in [0.1, 0.15) is 0 Å². The van der Waals surface area contributed by atoms with E-state index < -0.39 is 0 Å². The molecule has 2 aromatic carbocycles. The Balaban J connectivity index is 1.67. The van der Waals surface area contributed by atoms with E-state index in [1.807, 2.05) is 4.90 Å². The molecule has 1 fully saturated rings. The van der Waals surface area contributed by atoms with Gasteiger partial charge >= 0.3 is 0 Å². The van der Waals surface area contributed by atoms with Crippen LogP contribution in [0.3, 0.4) is 0 Å². The summed E-state index contributed by atoms with van der Waals surface area (Å²) in [7, 11) is 4.65. The highest BCUT2D eigenvalue weighted by atomic mass is 16.5. The van der Waals surface area contributed by atoms with Crippen molar-refractivity contribution >= 4 is 5.91 Å². The van der Waals surface area contributed by atoms with Crippen molar-refractivity contribution in [3.8, 4) is 17.2 Å². The molecule has 0 aliphatic carbocycles. The summed E-state index contributed by atoms with van der Waals surface area (Å²) < 4.78 is 16.1. The molecule has 6 nitrogen and oxygen atoms in total. The second-order valence-electron chi connectivity index (χ2n) is 6.91. The van der Waals surface area contributed by atoms with Crippen LogP contribution in [0.4, 0.5) is 0 Å². The molecule has 0 atom stereocenters. The van der Waals surface area contributed by atoms with Gasteiger partial charge in [0.2, 0.25) is 5.75 Å². The smallest absolute Gasteiger partial charge is 0.254 e. The maximum absolute atomic E-state index is 13.0. The van der Waals surface area contributed by atoms with Crippen molar-refractivity contribution < 1.29 is 19.0 Å². The number of benzene rings is 2. The molecule has 3 rings (SSSR count).